The Kier molecular flexibility index (Phi) is 6.49. The fourth-order valence-electron chi connectivity index (χ4n) is 3.32. The quantitative estimate of drug-likeness (QED) is 0.694. The van der Waals surface area contributed by atoms with Crippen molar-refractivity contribution in [1.82, 2.24) is 19.7 Å². The van der Waals surface area contributed by atoms with Crippen LogP contribution < -0.4 is 4.90 Å². The Morgan fingerprint density at radius 1 is 1.14 bits per heavy atom. The first-order chi connectivity index (χ1) is 13.7. The van der Waals surface area contributed by atoms with Crippen molar-refractivity contribution in [3.8, 4) is 17.1 Å². The number of hydrogen-bond acceptors (Lipinski definition) is 6. The van der Waals surface area contributed by atoms with Gasteiger partial charge >= 0.3 is 0 Å². The first-order valence-electron chi connectivity index (χ1n) is 9.24. The van der Waals surface area contributed by atoms with Crippen molar-refractivity contribution < 1.29 is 9.53 Å². The Balaban J connectivity index is 0.00000109. The van der Waals surface area contributed by atoms with Gasteiger partial charge in [0, 0.05) is 38.7 Å². The number of carbonyl (C=O) groups is 1. The van der Waals surface area contributed by atoms with Crippen LogP contribution in [-0.2, 0) is 9.53 Å². The Morgan fingerprint density at radius 2 is 1.93 bits per heavy atom. The second kappa shape index (κ2) is 9.23. The summed E-state index contributed by atoms with van der Waals surface area (Å²) in [6, 6.07) is 10.2. The third-order valence-corrected chi connectivity index (χ3v) is 4.86. The van der Waals surface area contributed by atoms with E-state index >= 15 is 0 Å². The number of carbonyl (C=O) groups excluding carboxylic acids is 1. The normalized spacial score (nSPS) is 14.4. The van der Waals surface area contributed by atoms with Gasteiger partial charge in [-0.3, -0.25) is 9.97 Å². The smallest absolute Gasteiger partial charge is 0.151 e. The molecule has 1 saturated heterocycles. The standard InChI is InChI=1S/C20H23N5O.CH2O/c1-15-5-6-18(22-13-15)19-12-20(24-10-7-17(26-2)8-11-24)23-25(19)16-4-3-9-21-14-16;1-2/h3-6,9,12-14,17H,7-8,10-11H2,1-2H3;1H2. The Morgan fingerprint density at radius 3 is 2.54 bits per heavy atom. The molecule has 146 valence electrons. The molecule has 7 nitrogen and oxygen atoms in total. The van der Waals surface area contributed by atoms with Gasteiger partial charge in [-0.05, 0) is 43.5 Å². The second-order valence-electron chi connectivity index (χ2n) is 6.65. The highest BCUT2D eigenvalue weighted by atomic mass is 16.5. The van der Waals surface area contributed by atoms with Gasteiger partial charge in [0.15, 0.2) is 5.82 Å². The van der Waals surface area contributed by atoms with Crippen molar-refractivity contribution >= 4 is 12.6 Å². The highest BCUT2D eigenvalue weighted by molar-refractivity contribution is 5.63. The number of aromatic nitrogens is 4. The maximum atomic E-state index is 8.00. The van der Waals surface area contributed by atoms with Gasteiger partial charge in [-0.15, -0.1) is 5.10 Å². The van der Waals surface area contributed by atoms with Crippen LogP contribution in [0.2, 0.25) is 0 Å². The van der Waals surface area contributed by atoms with Gasteiger partial charge < -0.3 is 14.4 Å². The van der Waals surface area contributed by atoms with Gasteiger partial charge in [0.1, 0.15) is 6.79 Å². The van der Waals surface area contributed by atoms with E-state index in [1.807, 2.05) is 49.0 Å². The molecule has 1 aliphatic heterocycles. The maximum Gasteiger partial charge on any atom is 0.151 e. The lowest BCUT2D eigenvalue weighted by Crippen LogP contribution is -2.36. The van der Waals surface area contributed by atoms with E-state index in [0.717, 1.165) is 54.4 Å². The average molecular weight is 379 g/mol. The molecule has 3 aromatic heterocycles. The van der Waals surface area contributed by atoms with E-state index in [-0.39, 0.29) is 0 Å². The number of hydrogen-bond donors (Lipinski definition) is 0. The van der Waals surface area contributed by atoms with Crippen molar-refractivity contribution in [2.75, 3.05) is 25.1 Å². The molecule has 0 radical (unpaired) electrons. The number of aryl methyl sites for hydroxylation is 1. The number of pyridine rings is 2. The molecule has 0 saturated carbocycles. The summed E-state index contributed by atoms with van der Waals surface area (Å²) in [5, 5.41) is 4.88. The van der Waals surface area contributed by atoms with E-state index in [4.69, 9.17) is 14.6 Å². The van der Waals surface area contributed by atoms with Gasteiger partial charge in [0.05, 0.1) is 29.4 Å². The van der Waals surface area contributed by atoms with Crippen molar-refractivity contribution in [3.63, 3.8) is 0 Å². The molecule has 28 heavy (non-hydrogen) atoms. The zero-order valence-corrected chi connectivity index (χ0v) is 16.3. The largest absolute Gasteiger partial charge is 0.381 e. The third-order valence-electron chi connectivity index (χ3n) is 4.86. The monoisotopic (exact) mass is 379 g/mol. The lowest BCUT2D eigenvalue weighted by Gasteiger charge is -2.31. The minimum Gasteiger partial charge on any atom is -0.381 e. The van der Waals surface area contributed by atoms with Gasteiger partial charge in [-0.2, -0.15) is 0 Å². The average Bonchev–Trinajstić information content (AvgIpc) is 3.22. The first-order valence-corrected chi connectivity index (χ1v) is 9.24. The summed E-state index contributed by atoms with van der Waals surface area (Å²) in [6.07, 6.45) is 7.88. The highest BCUT2D eigenvalue weighted by Crippen LogP contribution is 2.28. The summed E-state index contributed by atoms with van der Waals surface area (Å²) in [5.41, 5.74) is 3.96. The second-order valence-corrected chi connectivity index (χ2v) is 6.65. The summed E-state index contributed by atoms with van der Waals surface area (Å²) < 4.78 is 7.42. The molecule has 0 amide bonds. The fourth-order valence-corrected chi connectivity index (χ4v) is 3.32. The highest BCUT2D eigenvalue weighted by Gasteiger charge is 2.22. The predicted octanol–water partition coefficient (Wildman–Crippen LogP) is 3.07. The molecular formula is C21H25N5O2. The van der Waals surface area contributed by atoms with Crippen LogP contribution in [0.15, 0.2) is 48.9 Å². The van der Waals surface area contributed by atoms with E-state index in [9.17, 15) is 0 Å². The molecule has 0 aliphatic carbocycles. The van der Waals surface area contributed by atoms with E-state index in [0.29, 0.717) is 6.10 Å². The van der Waals surface area contributed by atoms with Crippen LogP contribution >= 0.6 is 0 Å². The topological polar surface area (TPSA) is 73.1 Å². The Hall–Kier alpha value is -3.06. The SMILES string of the molecule is C=O.COC1CCN(c2cc(-c3ccc(C)cn3)n(-c3cccnc3)n2)CC1. The maximum absolute atomic E-state index is 8.00. The van der Waals surface area contributed by atoms with E-state index in [1.54, 1.807) is 13.3 Å². The molecule has 4 rings (SSSR count). The van der Waals surface area contributed by atoms with Crippen molar-refractivity contribution in [2.24, 2.45) is 0 Å². The van der Waals surface area contributed by atoms with Crippen LogP contribution in [0.4, 0.5) is 5.82 Å². The van der Waals surface area contributed by atoms with Crippen LogP contribution in [0.5, 0.6) is 0 Å². The molecule has 3 aromatic rings. The molecule has 7 heteroatoms. The molecule has 1 fully saturated rings. The predicted molar refractivity (Wildman–Crippen MR) is 109 cm³/mol. The molecular weight excluding hydrogens is 354 g/mol. The molecule has 0 unspecified atom stereocenters. The number of methoxy groups -OCH3 is 1. The summed E-state index contributed by atoms with van der Waals surface area (Å²) in [5.74, 6) is 0.973. The fraction of sp³-hybridized carbons (Fsp3) is 0.333. The summed E-state index contributed by atoms with van der Waals surface area (Å²) in [6.45, 7) is 5.94. The first kappa shape index (κ1) is 19.7. The molecule has 0 atom stereocenters. The van der Waals surface area contributed by atoms with Crippen LogP contribution in [0.25, 0.3) is 17.1 Å². The molecule has 0 spiro atoms. The van der Waals surface area contributed by atoms with E-state index in [2.05, 4.69) is 27.0 Å². The van der Waals surface area contributed by atoms with Gasteiger partial charge in [0.25, 0.3) is 0 Å². The molecule has 0 bridgehead atoms. The number of nitrogens with zero attached hydrogens (tertiary/aromatic N) is 5. The van der Waals surface area contributed by atoms with Gasteiger partial charge in [-0.25, -0.2) is 4.68 Å². The molecule has 1 aliphatic rings. The van der Waals surface area contributed by atoms with Gasteiger partial charge in [0.2, 0.25) is 0 Å². The zero-order valence-electron chi connectivity index (χ0n) is 16.3. The van der Waals surface area contributed by atoms with Crippen molar-refractivity contribution in [2.45, 2.75) is 25.9 Å². The third kappa shape index (κ3) is 4.26. The number of piperidine rings is 1. The van der Waals surface area contributed by atoms with Crippen LogP contribution in [-0.4, -0.2) is 52.8 Å². The van der Waals surface area contributed by atoms with Crippen molar-refractivity contribution in [3.05, 3.63) is 54.5 Å². The van der Waals surface area contributed by atoms with Crippen LogP contribution in [0, 0.1) is 6.92 Å². The van der Waals surface area contributed by atoms with Crippen LogP contribution in [0.1, 0.15) is 18.4 Å². The lowest BCUT2D eigenvalue weighted by atomic mass is 10.1. The number of rotatable bonds is 4. The Labute approximate surface area is 165 Å². The van der Waals surface area contributed by atoms with Gasteiger partial charge in [-0.1, -0.05) is 6.07 Å². The van der Waals surface area contributed by atoms with E-state index in [1.165, 1.54) is 0 Å². The zero-order chi connectivity index (χ0) is 19.9. The molecule has 0 aromatic carbocycles. The van der Waals surface area contributed by atoms with Crippen molar-refractivity contribution in [1.29, 1.82) is 0 Å². The summed E-state index contributed by atoms with van der Waals surface area (Å²) >= 11 is 0. The Bertz CT molecular complexity index is 872. The van der Waals surface area contributed by atoms with E-state index < -0.39 is 0 Å². The minimum absolute atomic E-state index is 0.352. The summed E-state index contributed by atoms with van der Waals surface area (Å²) in [7, 11) is 1.79. The van der Waals surface area contributed by atoms with Crippen LogP contribution in [0.3, 0.4) is 0 Å². The summed E-state index contributed by atoms with van der Waals surface area (Å²) in [4.78, 5) is 19.2. The molecule has 4 heterocycles. The lowest BCUT2D eigenvalue weighted by molar-refractivity contribution is -0.0979. The number of ether oxygens (including phenoxy) is 1. The molecule has 0 N–H and O–H groups in total. The number of anilines is 1. The minimum atomic E-state index is 0.352.